The maximum atomic E-state index is 6.48. The third-order valence-corrected chi connectivity index (χ3v) is 5.96. The quantitative estimate of drug-likeness (QED) is 0.486. The molecule has 6 nitrogen and oxygen atoms in total. The Labute approximate surface area is 194 Å². The molecule has 170 valence electrons. The SMILES string of the molecule is COc1ccc(C2=NN3[C@@H](c4ccc(OC(C)C)cc4)Oc4ccc(OC)cc4[C@@H]3C2)cc1. The summed E-state index contributed by atoms with van der Waals surface area (Å²) >= 11 is 0. The topological polar surface area (TPSA) is 52.5 Å². The van der Waals surface area contributed by atoms with Crippen molar-refractivity contribution in [3.63, 3.8) is 0 Å². The van der Waals surface area contributed by atoms with Crippen LogP contribution in [0, 0.1) is 0 Å². The Morgan fingerprint density at radius 2 is 1.55 bits per heavy atom. The fourth-order valence-electron chi connectivity index (χ4n) is 4.35. The van der Waals surface area contributed by atoms with Crippen LogP contribution < -0.4 is 18.9 Å². The van der Waals surface area contributed by atoms with Crippen LogP contribution in [0.25, 0.3) is 0 Å². The van der Waals surface area contributed by atoms with Gasteiger partial charge in [-0.2, -0.15) is 5.10 Å². The van der Waals surface area contributed by atoms with Crippen molar-refractivity contribution in [1.29, 1.82) is 0 Å². The molecule has 2 aliphatic rings. The molecule has 2 heterocycles. The average molecular weight is 445 g/mol. The van der Waals surface area contributed by atoms with Crippen molar-refractivity contribution in [1.82, 2.24) is 5.01 Å². The summed E-state index contributed by atoms with van der Waals surface area (Å²) in [7, 11) is 3.35. The molecule has 0 unspecified atom stereocenters. The molecular formula is C27H28N2O4. The first-order chi connectivity index (χ1) is 16.1. The molecule has 0 radical (unpaired) electrons. The lowest BCUT2D eigenvalue weighted by atomic mass is 9.95. The van der Waals surface area contributed by atoms with E-state index in [-0.39, 0.29) is 18.4 Å². The minimum absolute atomic E-state index is 0.0533. The van der Waals surface area contributed by atoms with Gasteiger partial charge in [-0.3, -0.25) is 0 Å². The molecule has 0 N–H and O–H groups in total. The fourth-order valence-corrected chi connectivity index (χ4v) is 4.35. The molecule has 0 spiro atoms. The van der Waals surface area contributed by atoms with Crippen molar-refractivity contribution in [2.45, 2.75) is 38.6 Å². The minimum atomic E-state index is -0.334. The largest absolute Gasteiger partial charge is 0.497 e. The summed E-state index contributed by atoms with van der Waals surface area (Å²) in [6.45, 7) is 4.04. The molecule has 2 atom stereocenters. The molecule has 3 aromatic rings. The highest BCUT2D eigenvalue weighted by Gasteiger charge is 2.41. The zero-order chi connectivity index (χ0) is 22.9. The van der Waals surface area contributed by atoms with E-state index in [1.807, 2.05) is 50.2 Å². The first kappa shape index (κ1) is 21.2. The molecule has 6 heteroatoms. The first-order valence-corrected chi connectivity index (χ1v) is 11.2. The van der Waals surface area contributed by atoms with E-state index < -0.39 is 0 Å². The maximum Gasteiger partial charge on any atom is 0.213 e. The van der Waals surface area contributed by atoms with Gasteiger partial charge in [-0.05, 0) is 86.1 Å². The molecule has 2 aliphatic heterocycles. The van der Waals surface area contributed by atoms with Gasteiger partial charge in [0.25, 0.3) is 0 Å². The number of methoxy groups -OCH3 is 2. The lowest BCUT2D eigenvalue weighted by Crippen LogP contribution is -2.33. The van der Waals surface area contributed by atoms with Crippen LogP contribution in [0.5, 0.6) is 23.0 Å². The highest BCUT2D eigenvalue weighted by molar-refractivity contribution is 6.02. The summed E-state index contributed by atoms with van der Waals surface area (Å²) in [6.07, 6.45) is 0.573. The number of nitrogens with zero attached hydrogens (tertiary/aromatic N) is 2. The monoisotopic (exact) mass is 444 g/mol. The molecule has 5 rings (SSSR count). The van der Waals surface area contributed by atoms with Gasteiger partial charge >= 0.3 is 0 Å². The van der Waals surface area contributed by atoms with Crippen molar-refractivity contribution in [2.75, 3.05) is 14.2 Å². The van der Waals surface area contributed by atoms with E-state index in [4.69, 9.17) is 24.0 Å². The summed E-state index contributed by atoms with van der Waals surface area (Å²) in [5, 5.41) is 7.10. The molecule has 3 aromatic carbocycles. The Bertz CT molecular complexity index is 1160. The van der Waals surface area contributed by atoms with E-state index in [1.165, 1.54) is 0 Å². The van der Waals surface area contributed by atoms with Crippen LogP contribution in [-0.4, -0.2) is 31.0 Å². The zero-order valence-corrected chi connectivity index (χ0v) is 19.3. The van der Waals surface area contributed by atoms with Crippen molar-refractivity contribution >= 4 is 5.71 Å². The third-order valence-electron chi connectivity index (χ3n) is 5.96. The second kappa shape index (κ2) is 8.70. The first-order valence-electron chi connectivity index (χ1n) is 11.2. The highest BCUT2D eigenvalue weighted by atomic mass is 16.5. The second-order valence-electron chi connectivity index (χ2n) is 8.48. The predicted octanol–water partition coefficient (Wildman–Crippen LogP) is 5.73. The summed E-state index contributed by atoms with van der Waals surface area (Å²) in [5.41, 5.74) is 4.20. The van der Waals surface area contributed by atoms with Gasteiger partial charge in [0, 0.05) is 17.5 Å². The van der Waals surface area contributed by atoms with E-state index >= 15 is 0 Å². The Kier molecular flexibility index (Phi) is 5.58. The standard InChI is InChI=1S/C27H28N2O4/c1-17(2)32-21-11-7-19(8-12-21)27-29-25(23-15-22(31-4)13-14-26(23)33-27)16-24(28-29)18-5-9-20(30-3)10-6-18/h5-15,17,25,27H,16H2,1-4H3/t25-,27+/m0/s1. The van der Waals surface area contributed by atoms with Crippen LogP contribution in [0.3, 0.4) is 0 Å². The van der Waals surface area contributed by atoms with Crippen LogP contribution in [0.2, 0.25) is 0 Å². The predicted molar refractivity (Wildman–Crippen MR) is 127 cm³/mol. The van der Waals surface area contributed by atoms with Gasteiger partial charge < -0.3 is 18.9 Å². The van der Waals surface area contributed by atoms with Gasteiger partial charge in [0.2, 0.25) is 6.23 Å². The molecule has 33 heavy (non-hydrogen) atoms. The van der Waals surface area contributed by atoms with E-state index in [9.17, 15) is 0 Å². The molecular weight excluding hydrogens is 416 g/mol. The Morgan fingerprint density at radius 3 is 2.21 bits per heavy atom. The van der Waals surface area contributed by atoms with Crippen LogP contribution in [0.1, 0.15) is 49.2 Å². The number of rotatable bonds is 6. The number of hydrogen-bond acceptors (Lipinski definition) is 6. The molecule has 0 amide bonds. The van der Waals surface area contributed by atoms with Crippen molar-refractivity contribution in [2.24, 2.45) is 5.10 Å². The van der Waals surface area contributed by atoms with E-state index in [1.54, 1.807) is 14.2 Å². The minimum Gasteiger partial charge on any atom is -0.497 e. The van der Waals surface area contributed by atoms with E-state index in [2.05, 4.69) is 35.3 Å². The fraction of sp³-hybridized carbons (Fsp3) is 0.296. The van der Waals surface area contributed by atoms with E-state index in [0.29, 0.717) is 0 Å². The van der Waals surface area contributed by atoms with Crippen LogP contribution in [-0.2, 0) is 0 Å². The molecule has 0 aromatic heterocycles. The van der Waals surface area contributed by atoms with Gasteiger partial charge in [0.05, 0.1) is 32.1 Å². The molecule has 0 saturated carbocycles. The Morgan fingerprint density at radius 1 is 0.879 bits per heavy atom. The van der Waals surface area contributed by atoms with Gasteiger partial charge in [0.15, 0.2) is 0 Å². The molecule has 0 bridgehead atoms. The number of benzene rings is 3. The van der Waals surface area contributed by atoms with E-state index in [0.717, 1.165) is 51.8 Å². The smallest absolute Gasteiger partial charge is 0.213 e. The lowest BCUT2D eigenvalue weighted by molar-refractivity contribution is -0.0191. The molecule has 0 saturated heterocycles. The maximum absolute atomic E-state index is 6.48. The zero-order valence-electron chi connectivity index (χ0n) is 19.3. The van der Waals surface area contributed by atoms with Gasteiger partial charge in [-0.1, -0.05) is 0 Å². The normalized spacial score (nSPS) is 18.8. The number of fused-ring (bicyclic) bond motifs is 3. The third kappa shape index (κ3) is 4.09. The van der Waals surface area contributed by atoms with Gasteiger partial charge in [-0.25, -0.2) is 5.01 Å². The second-order valence-corrected chi connectivity index (χ2v) is 8.48. The number of hydrazone groups is 1. The summed E-state index contributed by atoms with van der Waals surface area (Å²) in [5.74, 6) is 3.34. The van der Waals surface area contributed by atoms with Crippen molar-refractivity contribution in [3.05, 3.63) is 83.4 Å². The van der Waals surface area contributed by atoms with Gasteiger partial charge in [0.1, 0.15) is 23.0 Å². The summed E-state index contributed by atoms with van der Waals surface area (Å²) in [4.78, 5) is 0. The van der Waals surface area contributed by atoms with Gasteiger partial charge in [-0.15, -0.1) is 0 Å². The van der Waals surface area contributed by atoms with Crippen molar-refractivity contribution in [3.8, 4) is 23.0 Å². The Hall–Kier alpha value is -3.67. The Balaban J connectivity index is 1.52. The molecule has 0 fully saturated rings. The summed E-state index contributed by atoms with van der Waals surface area (Å²) < 4.78 is 23.1. The molecule has 0 aliphatic carbocycles. The highest BCUT2D eigenvalue weighted by Crippen LogP contribution is 2.48. The van der Waals surface area contributed by atoms with Crippen LogP contribution in [0.4, 0.5) is 0 Å². The number of ether oxygens (including phenoxy) is 4. The number of hydrogen-bond donors (Lipinski definition) is 0. The lowest BCUT2D eigenvalue weighted by Gasteiger charge is -2.38. The van der Waals surface area contributed by atoms with Crippen LogP contribution >= 0.6 is 0 Å². The summed E-state index contributed by atoms with van der Waals surface area (Å²) in [6, 6.07) is 22.1. The van der Waals surface area contributed by atoms with Crippen LogP contribution in [0.15, 0.2) is 71.8 Å². The van der Waals surface area contributed by atoms with Crippen molar-refractivity contribution < 1.29 is 18.9 Å². The average Bonchev–Trinajstić information content (AvgIpc) is 3.29.